The van der Waals surface area contributed by atoms with Crippen LogP contribution in [0.1, 0.15) is 41.5 Å². The standard InChI is InChI=1S/C15H19N3O2/c1-10(2)13-9-14(18-17-13)15(20)16-12-5-3-11(4-6-12)7-8-19/h3-6,9-10,19H,7-8H2,1-2H3,(H,16,20)(H,17,18). The molecule has 0 radical (unpaired) electrons. The van der Waals surface area contributed by atoms with Gasteiger partial charge in [-0.15, -0.1) is 0 Å². The first-order valence-electron chi connectivity index (χ1n) is 6.66. The average molecular weight is 273 g/mol. The number of hydrogen-bond acceptors (Lipinski definition) is 3. The zero-order valence-electron chi connectivity index (χ0n) is 11.7. The number of carbonyl (C=O) groups is 1. The third-order valence-electron chi connectivity index (χ3n) is 3.06. The van der Waals surface area contributed by atoms with Crippen molar-refractivity contribution in [1.29, 1.82) is 0 Å². The Morgan fingerprint density at radius 3 is 2.60 bits per heavy atom. The summed E-state index contributed by atoms with van der Waals surface area (Å²) in [6, 6.07) is 9.17. The van der Waals surface area contributed by atoms with Gasteiger partial charge in [-0.2, -0.15) is 5.10 Å². The average Bonchev–Trinajstić information content (AvgIpc) is 2.91. The summed E-state index contributed by atoms with van der Waals surface area (Å²) < 4.78 is 0. The van der Waals surface area contributed by atoms with Gasteiger partial charge in [0.25, 0.3) is 5.91 Å². The van der Waals surface area contributed by atoms with Crippen molar-refractivity contribution in [2.45, 2.75) is 26.2 Å². The number of H-pyrrole nitrogens is 1. The van der Waals surface area contributed by atoms with Crippen molar-refractivity contribution in [1.82, 2.24) is 10.2 Å². The van der Waals surface area contributed by atoms with Crippen molar-refractivity contribution in [2.75, 3.05) is 11.9 Å². The number of aliphatic hydroxyl groups is 1. The lowest BCUT2D eigenvalue weighted by Gasteiger charge is -2.04. The quantitative estimate of drug-likeness (QED) is 0.782. The molecular weight excluding hydrogens is 254 g/mol. The van der Waals surface area contributed by atoms with Crippen molar-refractivity contribution in [3.8, 4) is 0 Å². The van der Waals surface area contributed by atoms with Crippen molar-refractivity contribution in [3.05, 3.63) is 47.3 Å². The normalized spacial score (nSPS) is 10.8. The van der Waals surface area contributed by atoms with E-state index in [2.05, 4.69) is 15.5 Å². The minimum atomic E-state index is -0.233. The van der Waals surface area contributed by atoms with Crippen LogP contribution in [0.2, 0.25) is 0 Å². The van der Waals surface area contributed by atoms with Gasteiger partial charge in [0, 0.05) is 18.0 Å². The molecule has 2 aromatic rings. The van der Waals surface area contributed by atoms with E-state index in [0.717, 1.165) is 11.3 Å². The SMILES string of the molecule is CC(C)c1cc(C(=O)Nc2ccc(CCO)cc2)n[nH]1. The van der Waals surface area contributed by atoms with Crippen LogP contribution in [0.4, 0.5) is 5.69 Å². The second-order valence-corrected chi connectivity index (χ2v) is 4.99. The molecule has 1 heterocycles. The molecule has 0 bridgehead atoms. The number of rotatable bonds is 5. The van der Waals surface area contributed by atoms with E-state index in [0.29, 0.717) is 23.7 Å². The summed E-state index contributed by atoms with van der Waals surface area (Å²) in [7, 11) is 0. The maximum Gasteiger partial charge on any atom is 0.276 e. The van der Waals surface area contributed by atoms with E-state index in [1.807, 2.05) is 38.1 Å². The molecule has 0 atom stereocenters. The van der Waals surface area contributed by atoms with Crippen LogP contribution in [0.5, 0.6) is 0 Å². The molecule has 1 aromatic carbocycles. The predicted octanol–water partition coefficient (Wildman–Crippen LogP) is 2.32. The fourth-order valence-electron chi connectivity index (χ4n) is 1.83. The van der Waals surface area contributed by atoms with Crippen LogP contribution >= 0.6 is 0 Å². The summed E-state index contributed by atoms with van der Waals surface area (Å²) in [6.45, 7) is 4.20. The number of anilines is 1. The Bertz CT molecular complexity index is 573. The lowest BCUT2D eigenvalue weighted by atomic mass is 10.1. The van der Waals surface area contributed by atoms with Crippen LogP contribution in [0.15, 0.2) is 30.3 Å². The third-order valence-corrected chi connectivity index (χ3v) is 3.06. The first-order valence-corrected chi connectivity index (χ1v) is 6.66. The Balaban J connectivity index is 2.03. The molecular formula is C15H19N3O2. The minimum Gasteiger partial charge on any atom is -0.396 e. The van der Waals surface area contributed by atoms with E-state index < -0.39 is 0 Å². The Morgan fingerprint density at radius 1 is 1.35 bits per heavy atom. The molecule has 1 aromatic heterocycles. The Morgan fingerprint density at radius 2 is 2.05 bits per heavy atom. The van der Waals surface area contributed by atoms with Crippen LogP contribution in [-0.2, 0) is 6.42 Å². The summed E-state index contributed by atoms with van der Waals surface area (Å²) in [6.07, 6.45) is 0.616. The third kappa shape index (κ3) is 3.45. The van der Waals surface area contributed by atoms with Gasteiger partial charge in [0.1, 0.15) is 0 Å². The summed E-state index contributed by atoms with van der Waals surface area (Å²) in [5.74, 6) is 0.0740. The molecule has 1 amide bonds. The van der Waals surface area contributed by atoms with Crippen molar-refractivity contribution < 1.29 is 9.90 Å². The number of nitrogens with zero attached hydrogens (tertiary/aromatic N) is 1. The summed E-state index contributed by atoms with van der Waals surface area (Å²) >= 11 is 0. The van der Waals surface area contributed by atoms with Gasteiger partial charge in [-0.3, -0.25) is 9.89 Å². The summed E-state index contributed by atoms with van der Waals surface area (Å²) in [5.41, 5.74) is 3.07. The number of aromatic nitrogens is 2. The zero-order chi connectivity index (χ0) is 14.5. The predicted molar refractivity (Wildman–Crippen MR) is 77.9 cm³/mol. The highest BCUT2D eigenvalue weighted by atomic mass is 16.2. The number of aromatic amines is 1. The van der Waals surface area contributed by atoms with Gasteiger partial charge in [0.15, 0.2) is 5.69 Å². The fraction of sp³-hybridized carbons (Fsp3) is 0.333. The number of carbonyl (C=O) groups excluding carboxylic acids is 1. The molecule has 5 nitrogen and oxygen atoms in total. The zero-order valence-corrected chi connectivity index (χ0v) is 11.7. The molecule has 2 rings (SSSR count). The largest absolute Gasteiger partial charge is 0.396 e. The van der Waals surface area contributed by atoms with Crippen molar-refractivity contribution in [2.24, 2.45) is 0 Å². The monoisotopic (exact) mass is 273 g/mol. The van der Waals surface area contributed by atoms with Gasteiger partial charge < -0.3 is 10.4 Å². The molecule has 5 heteroatoms. The van der Waals surface area contributed by atoms with E-state index >= 15 is 0 Å². The maximum atomic E-state index is 12.0. The van der Waals surface area contributed by atoms with E-state index in [-0.39, 0.29) is 12.5 Å². The Hall–Kier alpha value is -2.14. The molecule has 0 saturated carbocycles. The van der Waals surface area contributed by atoms with Gasteiger partial charge >= 0.3 is 0 Å². The van der Waals surface area contributed by atoms with Crippen LogP contribution < -0.4 is 5.32 Å². The van der Waals surface area contributed by atoms with E-state index in [1.165, 1.54) is 0 Å². The van der Waals surface area contributed by atoms with Crippen LogP contribution in [-0.4, -0.2) is 27.8 Å². The number of amides is 1. The summed E-state index contributed by atoms with van der Waals surface area (Å²) in [5, 5.41) is 18.5. The molecule has 0 spiro atoms. The van der Waals surface area contributed by atoms with Gasteiger partial charge in [-0.05, 0) is 36.1 Å². The Labute approximate surface area is 118 Å². The van der Waals surface area contributed by atoms with Gasteiger partial charge in [-0.25, -0.2) is 0 Å². The highest BCUT2D eigenvalue weighted by Crippen LogP contribution is 2.14. The molecule has 0 saturated heterocycles. The number of nitrogens with one attached hydrogen (secondary N) is 2. The number of benzene rings is 1. The highest BCUT2D eigenvalue weighted by Gasteiger charge is 2.12. The van der Waals surface area contributed by atoms with Gasteiger partial charge in [0.2, 0.25) is 0 Å². The van der Waals surface area contributed by atoms with E-state index in [1.54, 1.807) is 6.07 Å². The van der Waals surface area contributed by atoms with Crippen molar-refractivity contribution >= 4 is 11.6 Å². The molecule has 3 N–H and O–H groups in total. The van der Waals surface area contributed by atoms with Gasteiger partial charge in [0.05, 0.1) is 0 Å². The van der Waals surface area contributed by atoms with Crippen LogP contribution in [0, 0.1) is 0 Å². The molecule has 0 unspecified atom stereocenters. The number of aliphatic hydroxyl groups excluding tert-OH is 1. The van der Waals surface area contributed by atoms with Gasteiger partial charge in [-0.1, -0.05) is 26.0 Å². The molecule has 0 aliphatic carbocycles. The minimum absolute atomic E-state index is 0.122. The smallest absolute Gasteiger partial charge is 0.276 e. The molecule has 0 fully saturated rings. The molecule has 106 valence electrons. The molecule has 20 heavy (non-hydrogen) atoms. The Kier molecular flexibility index (Phi) is 4.53. The highest BCUT2D eigenvalue weighted by molar-refractivity contribution is 6.02. The maximum absolute atomic E-state index is 12.0. The molecule has 0 aliphatic rings. The summed E-state index contributed by atoms with van der Waals surface area (Å²) in [4.78, 5) is 12.0. The van der Waals surface area contributed by atoms with E-state index in [4.69, 9.17) is 5.11 Å². The fourth-order valence-corrected chi connectivity index (χ4v) is 1.83. The van der Waals surface area contributed by atoms with Crippen LogP contribution in [0.3, 0.4) is 0 Å². The van der Waals surface area contributed by atoms with Crippen molar-refractivity contribution in [3.63, 3.8) is 0 Å². The number of hydrogen-bond donors (Lipinski definition) is 3. The van der Waals surface area contributed by atoms with E-state index in [9.17, 15) is 4.79 Å². The lowest BCUT2D eigenvalue weighted by Crippen LogP contribution is -2.12. The second kappa shape index (κ2) is 6.34. The van der Waals surface area contributed by atoms with Crippen LogP contribution in [0.25, 0.3) is 0 Å². The topological polar surface area (TPSA) is 78.0 Å². The first-order chi connectivity index (χ1) is 9.60. The molecule has 0 aliphatic heterocycles. The second-order valence-electron chi connectivity index (χ2n) is 4.99. The first kappa shape index (κ1) is 14.3. The lowest BCUT2D eigenvalue weighted by molar-refractivity contribution is 0.102.